The van der Waals surface area contributed by atoms with Gasteiger partial charge in [0.15, 0.2) is 5.79 Å². The van der Waals surface area contributed by atoms with Crippen LogP contribution in [0, 0.1) is 5.92 Å². The summed E-state index contributed by atoms with van der Waals surface area (Å²) in [4.78, 5) is 10.6. The monoisotopic (exact) mass is 243 g/mol. The minimum atomic E-state index is -0.831. The van der Waals surface area contributed by atoms with Gasteiger partial charge in [-0.05, 0) is 38.8 Å². The van der Waals surface area contributed by atoms with Crippen LogP contribution in [0.3, 0.4) is 0 Å². The topological polar surface area (TPSA) is 67.8 Å². The highest BCUT2D eigenvalue weighted by Crippen LogP contribution is 2.32. The van der Waals surface area contributed by atoms with E-state index in [1.54, 1.807) is 0 Å². The van der Waals surface area contributed by atoms with Crippen LogP contribution in [-0.4, -0.2) is 42.7 Å². The van der Waals surface area contributed by atoms with Crippen molar-refractivity contribution >= 4 is 5.97 Å². The van der Waals surface area contributed by atoms with Gasteiger partial charge in [0, 0.05) is 6.42 Å². The van der Waals surface area contributed by atoms with E-state index in [-0.39, 0.29) is 12.5 Å². The average Bonchev–Trinajstić information content (AvgIpc) is 2.60. The Hall–Kier alpha value is -0.650. The molecule has 0 aromatic heterocycles. The molecule has 0 spiro atoms. The highest BCUT2D eigenvalue weighted by molar-refractivity contribution is 5.67. The zero-order chi connectivity index (χ0) is 12.3. The summed E-state index contributed by atoms with van der Waals surface area (Å²) >= 11 is 0. The van der Waals surface area contributed by atoms with E-state index in [9.17, 15) is 4.79 Å². The molecule has 0 bridgehead atoms. The second kappa shape index (κ2) is 5.33. The summed E-state index contributed by atoms with van der Waals surface area (Å²) in [6.07, 6.45) is 2.96. The third-order valence-corrected chi connectivity index (χ3v) is 3.45. The van der Waals surface area contributed by atoms with Crippen LogP contribution in [0.15, 0.2) is 0 Å². The third kappa shape index (κ3) is 3.66. The van der Waals surface area contributed by atoms with Crippen molar-refractivity contribution < 1.29 is 19.4 Å². The summed E-state index contributed by atoms with van der Waals surface area (Å²) in [5.74, 6) is -0.858. The van der Waals surface area contributed by atoms with Crippen molar-refractivity contribution in [3.63, 3.8) is 0 Å². The summed E-state index contributed by atoms with van der Waals surface area (Å²) in [7, 11) is 0. The zero-order valence-corrected chi connectivity index (χ0v) is 10.3. The van der Waals surface area contributed by atoms with Crippen molar-refractivity contribution in [1.29, 1.82) is 0 Å². The van der Waals surface area contributed by atoms with Gasteiger partial charge in [-0.3, -0.25) is 4.79 Å². The van der Waals surface area contributed by atoms with E-state index >= 15 is 0 Å². The number of nitrogens with one attached hydrogen (secondary N) is 1. The normalized spacial score (nSPS) is 38.2. The van der Waals surface area contributed by atoms with Gasteiger partial charge >= 0.3 is 5.97 Å². The van der Waals surface area contributed by atoms with Crippen LogP contribution in [0.5, 0.6) is 0 Å². The molecule has 0 amide bonds. The van der Waals surface area contributed by atoms with E-state index in [2.05, 4.69) is 5.32 Å². The van der Waals surface area contributed by atoms with Gasteiger partial charge in [0.2, 0.25) is 0 Å². The van der Waals surface area contributed by atoms with Crippen LogP contribution >= 0.6 is 0 Å². The number of rotatable bonds is 4. The fourth-order valence-electron chi connectivity index (χ4n) is 2.71. The zero-order valence-electron chi connectivity index (χ0n) is 10.3. The molecule has 2 heterocycles. The van der Waals surface area contributed by atoms with Crippen LogP contribution in [0.2, 0.25) is 0 Å². The fraction of sp³-hybridized carbons (Fsp3) is 0.917. The quantitative estimate of drug-likeness (QED) is 0.770. The van der Waals surface area contributed by atoms with Crippen LogP contribution in [-0.2, 0) is 14.3 Å². The van der Waals surface area contributed by atoms with E-state index in [1.807, 2.05) is 6.92 Å². The van der Waals surface area contributed by atoms with Crippen molar-refractivity contribution in [3.05, 3.63) is 0 Å². The van der Waals surface area contributed by atoms with Crippen molar-refractivity contribution in [2.75, 3.05) is 19.7 Å². The molecule has 0 aliphatic carbocycles. The number of carboxylic acids is 1. The molecule has 2 N–H and O–H groups in total. The predicted molar refractivity (Wildman–Crippen MR) is 61.7 cm³/mol. The Morgan fingerprint density at radius 2 is 2.41 bits per heavy atom. The van der Waals surface area contributed by atoms with E-state index in [1.165, 1.54) is 12.8 Å². The van der Waals surface area contributed by atoms with Gasteiger partial charge in [-0.2, -0.15) is 0 Å². The first kappa shape index (κ1) is 12.8. The second-order valence-electron chi connectivity index (χ2n) is 5.20. The van der Waals surface area contributed by atoms with Crippen LogP contribution in [0.1, 0.15) is 32.6 Å². The molecule has 0 radical (unpaired) electrons. The molecule has 2 aliphatic rings. The number of carbonyl (C=O) groups is 1. The minimum Gasteiger partial charge on any atom is -0.481 e. The SMILES string of the molecule is CC1(CC2CCCNC2)OCC(CC(=O)O)O1. The molecule has 2 aliphatic heterocycles. The molecule has 0 saturated carbocycles. The van der Waals surface area contributed by atoms with Crippen LogP contribution in [0.25, 0.3) is 0 Å². The highest BCUT2D eigenvalue weighted by Gasteiger charge is 2.39. The lowest BCUT2D eigenvalue weighted by Crippen LogP contribution is -2.37. The average molecular weight is 243 g/mol. The molecule has 0 aromatic carbocycles. The number of piperidine rings is 1. The second-order valence-corrected chi connectivity index (χ2v) is 5.20. The number of hydrogen-bond donors (Lipinski definition) is 2. The lowest BCUT2D eigenvalue weighted by molar-refractivity contribution is -0.170. The van der Waals surface area contributed by atoms with E-state index < -0.39 is 11.8 Å². The fourth-order valence-corrected chi connectivity index (χ4v) is 2.71. The Kier molecular flexibility index (Phi) is 4.01. The molecule has 98 valence electrons. The smallest absolute Gasteiger partial charge is 0.306 e. The molecule has 3 atom stereocenters. The number of carboxylic acid groups (broad SMARTS) is 1. The van der Waals surface area contributed by atoms with Gasteiger partial charge in [0.1, 0.15) is 0 Å². The molecule has 17 heavy (non-hydrogen) atoms. The first-order valence-corrected chi connectivity index (χ1v) is 6.32. The summed E-state index contributed by atoms with van der Waals surface area (Å²) in [5, 5.41) is 12.1. The van der Waals surface area contributed by atoms with Crippen LogP contribution < -0.4 is 5.32 Å². The lowest BCUT2D eigenvalue weighted by atomic mass is 9.92. The summed E-state index contributed by atoms with van der Waals surface area (Å²) in [6.45, 7) is 4.41. The maximum absolute atomic E-state index is 10.6. The highest BCUT2D eigenvalue weighted by atomic mass is 16.7. The molecule has 2 saturated heterocycles. The van der Waals surface area contributed by atoms with Gasteiger partial charge in [-0.25, -0.2) is 0 Å². The standard InChI is InChI=1S/C12H21NO4/c1-12(6-9-3-2-4-13-7-9)16-8-10(17-12)5-11(14)15/h9-10,13H,2-8H2,1H3,(H,14,15). The van der Waals surface area contributed by atoms with Crippen molar-refractivity contribution in [3.8, 4) is 0 Å². The summed E-state index contributed by atoms with van der Waals surface area (Å²) in [6, 6.07) is 0. The van der Waals surface area contributed by atoms with Crippen molar-refractivity contribution in [1.82, 2.24) is 5.32 Å². The van der Waals surface area contributed by atoms with E-state index in [0.29, 0.717) is 12.5 Å². The van der Waals surface area contributed by atoms with Gasteiger partial charge in [-0.15, -0.1) is 0 Å². The molecular formula is C12H21NO4. The maximum atomic E-state index is 10.6. The first-order valence-electron chi connectivity index (χ1n) is 6.32. The molecule has 3 unspecified atom stereocenters. The molecule has 2 rings (SSSR count). The summed E-state index contributed by atoms with van der Waals surface area (Å²) in [5.41, 5.74) is 0. The molecule has 2 fully saturated rings. The van der Waals surface area contributed by atoms with Gasteiger partial charge in [0.25, 0.3) is 0 Å². The minimum absolute atomic E-state index is 0.0263. The number of ether oxygens (including phenoxy) is 2. The van der Waals surface area contributed by atoms with Gasteiger partial charge in [0.05, 0.1) is 19.1 Å². The summed E-state index contributed by atoms with van der Waals surface area (Å²) < 4.78 is 11.4. The van der Waals surface area contributed by atoms with Crippen LogP contribution in [0.4, 0.5) is 0 Å². The Morgan fingerprint density at radius 3 is 3.06 bits per heavy atom. The maximum Gasteiger partial charge on any atom is 0.306 e. The Morgan fingerprint density at radius 1 is 1.59 bits per heavy atom. The van der Waals surface area contributed by atoms with Crippen molar-refractivity contribution in [2.24, 2.45) is 5.92 Å². The molecular weight excluding hydrogens is 222 g/mol. The molecule has 5 heteroatoms. The predicted octanol–water partition coefficient (Wildman–Crippen LogP) is 0.982. The Balaban J connectivity index is 1.81. The third-order valence-electron chi connectivity index (χ3n) is 3.45. The van der Waals surface area contributed by atoms with E-state index in [4.69, 9.17) is 14.6 Å². The molecule has 5 nitrogen and oxygen atoms in total. The van der Waals surface area contributed by atoms with Gasteiger partial charge < -0.3 is 19.9 Å². The lowest BCUT2D eigenvalue weighted by Gasteiger charge is -2.30. The number of aliphatic carboxylic acids is 1. The first-order chi connectivity index (χ1) is 8.07. The van der Waals surface area contributed by atoms with Crippen molar-refractivity contribution in [2.45, 2.75) is 44.5 Å². The number of hydrogen-bond acceptors (Lipinski definition) is 4. The Labute approximate surface area is 101 Å². The largest absolute Gasteiger partial charge is 0.481 e. The Bertz CT molecular complexity index is 278. The van der Waals surface area contributed by atoms with E-state index in [0.717, 1.165) is 19.5 Å². The molecule has 0 aromatic rings. The van der Waals surface area contributed by atoms with Gasteiger partial charge in [-0.1, -0.05) is 0 Å².